The van der Waals surface area contributed by atoms with Gasteiger partial charge < -0.3 is 24.3 Å². The summed E-state index contributed by atoms with van der Waals surface area (Å²) in [4.78, 5) is 12.4. The van der Waals surface area contributed by atoms with Gasteiger partial charge in [0.2, 0.25) is 11.7 Å². The smallest absolute Gasteiger partial charge is 0.224 e. The fourth-order valence-corrected chi connectivity index (χ4v) is 2.73. The summed E-state index contributed by atoms with van der Waals surface area (Å²) in [5, 5.41) is 11.9. The average Bonchev–Trinajstić information content (AvgIpc) is 2.72. The molecule has 7 heteroatoms. The lowest BCUT2D eigenvalue weighted by Crippen LogP contribution is -2.13. The number of anilines is 1. The summed E-state index contributed by atoms with van der Waals surface area (Å²) in [5.74, 6) is 1.93. The summed E-state index contributed by atoms with van der Waals surface area (Å²) >= 11 is 0. The molecule has 0 radical (unpaired) electrons. The van der Waals surface area contributed by atoms with Crippen LogP contribution in [0.25, 0.3) is 0 Å². The van der Waals surface area contributed by atoms with Crippen molar-refractivity contribution in [3.8, 4) is 29.1 Å². The third-order valence-corrected chi connectivity index (χ3v) is 4.05. The van der Waals surface area contributed by atoms with Crippen LogP contribution in [-0.2, 0) is 11.2 Å². The van der Waals surface area contributed by atoms with Crippen molar-refractivity contribution in [2.45, 2.75) is 19.8 Å². The molecule has 0 unspecified atom stereocenters. The molecule has 2 aromatic carbocycles. The normalized spacial score (nSPS) is 9.96. The second kappa shape index (κ2) is 10.1. The second-order valence-corrected chi connectivity index (χ2v) is 5.84. The maximum Gasteiger partial charge on any atom is 0.224 e. The van der Waals surface area contributed by atoms with Gasteiger partial charge in [-0.05, 0) is 49.2 Å². The van der Waals surface area contributed by atoms with Crippen LogP contribution in [0.5, 0.6) is 23.0 Å². The number of rotatable bonds is 9. The van der Waals surface area contributed by atoms with Crippen LogP contribution in [0.2, 0.25) is 0 Å². The van der Waals surface area contributed by atoms with Crippen molar-refractivity contribution in [3.05, 3.63) is 41.5 Å². The van der Waals surface area contributed by atoms with E-state index in [4.69, 9.17) is 24.2 Å². The van der Waals surface area contributed by atoms with E-state index in [2.05, 4.69) is 11.4 Å². The molecular weight excluding hydrogens is 360 g/mol. The molecular formula is C21H24N2O5. The van der Waals surface area contributed by atoms with Crippen molar-refractivity contribution >= 4 is 11.6 Å². The standard InChI is InChI=1S/C21H24N2O5/c1-5-28-17-8-6-15(13-22)10-16(17)23-20(24)9-7-14-11-18(25-2)21(27-4)19(12-14)26-3/h6,8,10-12H,5,7,9H2,1-4H3,(H,23,24). The molecule has 1 amide bonds. The number of aryl methyl sites for hydroxylation is 1. The SMILES string of the molecule is CCOc1ccc(C#N)cc1NC(=O)CCc1cc(OC)c(OC)c(OC)c1. The molecule has 0 aliphatic carbocycles. The molecule has 0 aliphatic heterocycles. The van der Waals surface area contributed by atoms with Crippen LogP contribution >= 0.6 is 0 Å². The third-order valence-electron chi connectivity index (χ3n) is 4.05. The van der Waals surface area contributed by atoms with Crippen LogP contribution in [0.3, 0.4) is 0 Å². The van der Waals surface area contributed by atoms with Gasteiger partial charge in [-0.1, -0.05) is 0 Å². The first-order valence-electron chi connectivity index (χ1n) is 8.81. The minimum atomic E-state index is -0.190. The van der Waals surface area contributed by atoms with Crippen molar-refractivity contribution in [3.63, 3.8) is 0 Å². The highest BCUT2D eigenvalue weighted by Gasteiger charge is 2.15. The van der Waals surface area contributed by atoms with Gasteiger partial charge in [-0.15, -0.1) is 0 Å². The highest BCUT2D eigenvalue weighted by atomic mass is 16.5. The fourth-order valence-electron chi connectivity index (χ4n) is 2.73. The average molecular weight is 384 g/mol. The summed E-state index contributed by atoms with van der Waals surface area (Å²) < 4.78 is 21.5. The molecule has 7 nitrogen and oxygen atoms in total. The van der Waals surface area contributed by atoms with Crippen LogP contribution in [0.15, 0.2) is 30.3 Å². The summed E-state index contributed by atoms with van der Waals surface area (Å²) in [7, 11) is 4.63. The first kappa shape index (κ1) is 20.9. The number of ether oxygens (including phenoxy) is 4. The van der Waals surface area contributed by atoms with Gasteiger partial charge in [-0.25, -0.2) is 0 Å². The lowest BCUT2D eigenvalue weighted by atomic mass is 10.1. The number of hydrogen-bond donors (Lipinski definition) is 1. The van der Waals surface area contributed by atoms with E-state index in [1.165, 1.54) is 0 Å². The van der Waals surface area contributed by atoms with Crippen molar-refractivity contribution in [2.75, 3.05) is 33.3 Å². The minimum absolute atomic E-state index is 0.190. The predicted octanol–water partition coefficient (Wildman–Crippen LogP) is 3.55. The van der Waals surface area contributed by atoms with E-state index >= 15 is 0 Å². The quantitative estimate of drug-likeness (QED) is 0.711. The summed E-state index contributed by atoms with van der Waals surface area (Å²) in [6.45, 7) is 2.31. The van der Waals surface area contributed by atoms with Crippen LogP contribution in [0, 0.1) is 11.3 Å². The molecule has 0 spiro atoms. The fraction of sp³-hybridized carbons (Fsp3) is 0.333. The van der Waals surface area contributed by atoms with Gasteiger partial charge >= 0.3 is 0 Å². The van der Waals surface area contributed by atoms with E-state index < -0.39 is 0 Å². The number of nitrogens with one attached hydrogen (secondary N) is 1. The first-order chi connectivity index (χ1) is 13.6. The van der Waals surface area contributed by atoms with E-state index in [1.807, 2.05) is 19.1 Å². The van der Waals surface area contributed by atoms with Gasteiger partial charge in [0.1, 0.15) is 5.75 Å². The van der Waals surface area contributed by atoms with Gasteiger partial charge in [0.15, 0.2) is 11.5 Å². The number of hydrogen-bond acceptors (Lipinski definition) is 6. The summed E-state index contributed by atoms with van der Waals surface area (Å²) in [6, 6.07) is 10.6. The molecule has 2 aromatic rings. The van der Waals surface area contributed by atoms with E-state index in [0.717, 1.165) is 5.56 Å². The summed E-state index contributed by atoms with van der Waals surface area (Å²) in [5.41, 5.74) is 1.81. The highest BCUT2D eigenvalue weighted by molar-refractivity contribution is 5.92. The largest absolute Gasteiger partial charge is 0.493 e. The van der Waals surface area contributed by atoms with Crippen LogP contribution < -0.4 is 24.3 Å². The molecule has 0 atom stereocenters. The number of nitriles is 1. The molecule has 0 aromatic heterocycles. The Morgan fingerprint density at radius 1 is 1.04 bits per heavy atom. The molecule has 0 fully saturated rings. The molecule has 0 saturated carbocycles. The Hall–Kier alpha value is -3.40. The van der Waals surface area contributed by atoms with E-state index in [0.29, 0.717) is 47.3 Å². The molecule has 28 heavy (non-hydrogen) atoms. The number of benzene rings is 2. The molecule has 0 saturated heterocycles. The topological polar surface area (TPSA) is 89.8 Å². The molecule has 0 bridgehead atoms. The van der Waals surface area contributed by atoms with Crippen LogP contribution in [0.1, 0.15) is 24.5 Å². The predicted molar refractivity (Wildman–Crippen MR) is 105 cm³/mol. The first-order valence-corrected chi connectivity index (χ1v) is 8.81. The second-order valence-electron chi connectivity index (χ2n) is 5.84. The number of nitrogens with zero attached hydrogens (tertiary/aromatic N) is 1. The molecule has 148 valence electrons. The third kappa shape index (κ3) is 5.07. The molecule has 2 rings (SSSR count). The lowest BCUT2D eigenvalue weighted by Gasteiger charge is -2.14. The Morgan fingerprint density at radius 3 is 2.25 bits per heavy atom. The van der Waals surface area contributed by atoms with E-state index in [-0.39, 0.29) is 12.3 Å². The molecule has 0 heterocycles. The van der Waals surface area contributed by atoms with Crippen LogP contribution in [-0.4, -0.2) is 33.8 Å². The van der Waals surface area contributed by atoms with Crippen molar-refractivity contribution < 1.29 is 23.7 Å². The minimum Gasteiger partial charge on any atom is -0.493 e. The van der Waals surface area contributed by atoms with E-state index in [9.17, 15) is 4.79 Å². The summed E-state index contributed by atoms with van der Waals surface area (Å²) in [6.07, 6.45) is 0.714. The van der Waals surface area contributed by atoms with Crippen molar-refractivity contribution in [1.29, 1.82) is 5.26 Å². The maximum atomic E-state index is 12.4. The van der Waals surface area contributed by atoms with Gasteiger partial charge in [-0.3, -0.25) is 4.79 Å². The zero-order chi connectivity index (χ0) is 20.5. The van der Waals surface area contributed by atoms with E-state index in [1.54, 1.807) is 39.5 Å². The monoisotopic (exact) mass is 384 g/mol. The maximum absolute atomic E-state index is 12.4. The van der Waals surface area contributed by atoms with Gasteiger partial charge in [0.25, 0.3) is 0 Å². The Labute approximate surface area is 164 Å². The Bertz CT molecular complexity index is 849. The Balaban J connectivity index is 2.12. The highest BCUT2D eigenvalue weighted by Crippen LogP contribution is 2.38. The Morgan fingerprint density at radius 2 is 1.71 bits per heavy atom. The number of amides is 1. The van der Waals surface area contributed by atoms with Crippen molar-refractivity contribution in [1.82, 2.24) is 0 Å². The number of carbonyl (C=O) groups is 1. The number of carbonyl (C=O) groups excluding carboxylic acids is 1. The molecule has 0 aliphatic rings. The van der Waals surface area contributed by atoms with Gasteiger partial charge in [0.05, 0.1) is 45.3 Å². The van der Waals surface area contributed by atoms with Gasteiger partial charge in [0, 0.05) is 6.42 Å². The van der Waals surface area contributed by atoms with Crippen LogP contribution in [0.4, 0.5) is 5.69 Å². The lowest BCUT2D eigenvalue weighted by molar-refractivity contribution is -0.116. The van der Waals surface area contributed by atoms with Crippen molar-refractivity contribution in [2.24, 2.45) is 0 Å². The van der Waals surface area contributed by atoms with Gasteiger partial charge in [-0.2, -0.15) is 5.26 Å². The Kier molecular flexibility index (Phi) is 7.52. The molecule has 1 N–H and O–H groups in total. The zero-order valence-electron chi connectivity index (χ0n) is 16.5. The zero-order valence-corrected chi connectivity index (χ0v) is 16.5. The number of methoxy groups -OCH3 is 3.